The van der Waals surface area contributed by atoms with E-state index in [-0.39, 0.29) is 2.41 Å². The van der Waals surface area contributed by atoms with Crippen molar-refractivity contribution < 1.29 is 4.79 Å². The summed E-state index contributed by atoms with van der Waals surface area (Å²) in [5.41, 5.74) is 0. The summed E-state index contributed by atoms with van der Waals surface area (Å²) < 4.78 is 0.0263. The summed E-state index contributed by atoms with van der Waals surface area (Å²) in [7, 11) is 0. The molecule has 0 radical (unpaired) electrons. The molecule has 0 fully saturated rings. The van der Waals surface area contributed by atoms with E-state index in [0.29, 0.717) is 0 Å². The number of aldehydes is 1. The largest absolute Gasteiger partial charge is 0.299 e. The van der Waals surface area contributed by atoms with Gasteiger partial charge in [0.05, 0.1) is 2.41 Å². The third-order valence-corrected chi connectivity index (χ3v) is 5.89. The van der Waals surface area contributed by atoms with Crippen molar-refractivity contribution in [3.8, 4) is 0 Å². The van der Waals surface area contributed by atoms with E-state index in [1.807, 2.05) is 11.5 Å². The lowest BCUT2D eigenvalue weighted by Crippen LogP contribution is -1.54. The van der Waals surface area contributed by atoms with Gasteiger partial charge >= 0.3 is 0 Å². The molecule has 0 N–H and O–H groups in total. The molecule has 0 atom stereocenters. The van der Waals surface area contributed by atoms with Crippen LogP contribution in [0.15, 0.2) is 23.6 Å². The van der Waals surface area contributed by atoms with Gasteiger partial charge in [-0.1, -0.05) is 23.5 Å². The van der Waals surface area contributed by atoms with E-state index >= 15 is 0 Å². The number of allylic oxidation sites excluding steroid dienone is 3. The molecule has 0 aromatic heterocycles. The van der Waals surface area contributed by atoms with E-state index in [4.69, 9.17) is 0 Å². The predicted molar refractivity (Wildman–Crippen MR) is 66.9 cm³/mol. The first kappa shape index (κ1) is 11.4. The number of hydrogen-bond acceptors (Lipinski definition) is 2. The third-order valence-electron chi connectivity index (χ3n) is 0.520. The number of rotatable bonds is 4. The topological polar surface area (TPSA) is 17.1 Å². The molecular weight excluding hydrogens is 393 g/mol. The Morgan fingerprint density at radius 1 is 1.20 bits per heavy atom. The molecule has 10 heavy (non-hydrogen) atoms. The molecular formula is C5H5I2OPS. The van der Waals surface area contributed by atoms with Gasteiger partial charge < -0.3 is 0 Å². The summed E-state index contributed by atoms with van der Waals surface area (Å²) in [4.78, 5) is 9.78. The third kappa shape index (κ3) is 9.39. The van der Waals surface area contributed by atoms with Crippen LogP contribution in [-0.4, -0.2) is 6.29 Å². The first-order valence-electron chi connectivity index (χ1n) is 2.33. The van der Waals surface area contributed by atoms with Crippen LogP contribution >= 0.6 is 57.9 Å². The van der Waals surface area contributed by atoms with Crippen LogP contribution in [0.25, 0.3) is 0 Å². The summed E-state index contributed by atoms with van der Waals surface area (Å²) in [5, 5.41) is 1.99. The van der Waals surface area contributed by atoms with Crippen LogP contribution in [0.5, 0.6) is 0 Å². The molecule has 5 heteroatoms. The highest BCUT2D eigenvalue weighted by molar-refractivity contribution is 14.3. The molecule has 0 saturated heterocycles. The zero-order valence-electron chi connectivity index (χ0n) is 4.91. The van der Waals surface area contributed by atoms with E-state index in [1.54, 1.807) is 17.5 Å². The Kier molecular flexibility index (Phi) is 9.67. The first-order valence-corrected chi connectivity index (χ1v) is 10.7. The Morgan fingerprint density at radius 2 is 1.90 bits per heavy atom. The molecule has 0 amide bonds. The van der Waals surface area contributed by atoms with E-state index in [0.717, 1.165) is 6.29 Å². The second-order valence-corrected chi connectivity index (χ2v) is 19.0. The van der Waals surface area contributed by atoms with Crippen molar-refractivity contribution in [1.29, 1.82) is 0 Å². The predicted octanol–water partition coefficient (Wildman–Crippen LogP) is 4.09. The summed E-state index contributed by atoms with van der Waals surface area (Å²) in [5.74, 6) is 0. The van der Waals surface area contributed by atoms with Gasteiger partial charge in [0.15, 0.2) is 0 Å². The molecule has 0 aromatic rings. The highest BCUT2D eigenvalue weighted by Gasteiger charge is 1.89. The van der Waals surface area contributed by atoms with Crippen molar-refractivity contribution in [2.24, 2.45) is 0 Å². The second-order valence-electron chi connectivity index (χ2n) is 1.16. The van der Waals surface area contributed by atoms with Crippen molar-refractivity contribution in [1.82, 2.24) is 0 Å². The molecule has 0 heterocycles. The van der Waals surface area contributed by atoms with Gasteiger partial charge in [-0.3, -0.25) is 4.79 Å². The molecule has 0 aliphatic rings. The van der Waals surface area contributed by atoms with E-state index in [2.05, 4.69) is 44.1 Å². The monoisotopic (exact) mass is 398 g/mol. The van der Waals surface area contributed by atoms with Crippen molar-refractivity contribution in [3.63, 3.8) is 0 Å². The van der Waals surface area contributed by atoms with Gasteiger partial charge in [-0.15, -0.1) is 0 Å². The van der Waals surface area contributed by atoms with Gasteiger partial charge in [-0.2, -0.15) is 0 Å². The van der Waals surface area contributed by atoms with E-state index in [9.17, 15) is 4.79 Å². The quantitative estimate of drug-likeness (QED) is 0.234. The first-order chi connectivity index (χ1) is 4.77. The van der Waals surface area contributed by atoms with Crippen LogP contribution in [0.1, 0.15) is 0 Å². The highest BCUT2D eigenvalue weighted by atomic mass is 127. The number of carbonyl (C=O) groups is 1. The maximum atomic E-state index is 9.78. The minimum absolute atomic E-state index is 0.0263. The lowest BCUT2D eigenvalue weighted by molar-refractivity contribution is -0.104. The SMILES string of the molecule is O=C/C=C/C=C\SP(I)I. The number of hydrogen-bond donors (Lipinski definition) is 0. The molecule has 0 spiro atoms. The van der Waals surface area contributed by atoms with Gasteiger partial charge in [-0.25, -0.2) is 0 Å². The Labute approximate surface area is 91.6 Å². The van der Waals surface area contributed by atoms with Crippen LogP contribution in [-0.2, 0) is 4.79 Å². The van der Waals surface area contributed by atoms with Crippen molar-refractivity contribution in [2.75, 3.05) is 0 Å². The van der Waals surface area contributed by atoms with Gasteiger partial charge in [0.2, 0.25) is 0 Å². The molecule has 0 aromatic carbocycles. The van der Waals surface area contributed by atoms with Crippen molar-refractivity contribution >= 4 is 64.2 Å². The zero-order chi connectivity index (χ0) is 7.82. The summed E-state index contributed by atoms with van der Waals surface area (Å²) >= 11 is 6.52. The Balaban J connectivity index is 3.37. The second kappa shape index (κ2) is 8.49. The Bertz CT molecular complexity index is 147. The Hall–Kier alpha value is 1.39. The standard InChI is InChI=1S/C5H5I2OPS/c6-9(7)10-5-3-1-2-4-8/h1-5H/b2-1+,5-3-. The molecule has 0 unspecified atom stereocenters. The van der Waals surface area contributed by atoms with Crippen molar-refractivity contribution in [2.45, 2.75) is 0 Å². The average molecular weight is 398 g/mol. The maximum Gasteiger partial charge on any atom is 0.142 e. The fraction of sp³-hybridized carbons (Fsp3) is 0. The molecule has 56 valence electrons. The molecule has 0 rings (SSSR count). The van der Waals surface area contributed by atoms with Crippen LogP contribution in [0.4, 0.5) is 0 Å². The molecule has 0 saturated carbocycles. The summed E-state index contributed by atoms with van der Waals surface area (Å²) in [6.45, 7) is 0. The van der Waals surface area contributed by atoms with Gasteiger partial charge in [-0.05, 0) is 55.6 Å². The maximum absolute atomic E-state index is 9.78. The van der Waals surface area contributed by atoms with Crippen LogP contribution in [0, 0.1) is 0 Å². The summed E-state index contributed by atoms with van der Waals surface area (Å²) in [6.07, 6.45) is 5.84. The molecule has 0 bridgehead atoms. The minimum Gasteiger partial charge on any atom is -0.299 e. The van der Waals surface area contributed by atoms with E-state index < -0.39 is 0 Å². The fourth-order valence-electron chi connectivity index (χ4n) is 0.236. The van der Waals surface area contributed by atoms with Crippen LogP contribution < -0.4 is 0 Å². The van der Waals surface area contributed by atoms with Gasteiger partial charge in [0, 0.05) is 0 Å². The zero-order valence-corrected chi connectivity index (χ0v) is 10.9. The smallest absolute Gasteiger partial charge is 0.142 e. The highest BCUT2D eigenvalue weighted by Crippen LogP contribution is 2.65. The van der Waals surface area contributed by atoms with Gasteiger partial charge in [0.1, 0.15) is 6.29 Å². The summed E-state index contributed by atoms with van der Waals surface area (Å²) in [6, 6.07) is 0. The molecule has 1 nitrogen and oxygen atoms in total. The fourth-order valence-corrected chi connectivity index (χ4v) is 3.34. The van der Waals surface area contributed by atoms with E-state index in [1.165, 1.54) is 6.08 Å². The average Bonchev–Trinajstić information content (AvgIpc) is 1.87. The normalized spacial score (nSPS) is 11.9. The van der Waals surface area contributed by atoms with Gasteiger partial charge in [0.25, 0.3) is 0 Å². The lowest BCUT2D eigenvalue weighted by atomic mass is 10.5. The minimum atomic E-state index is 0.0263. The van der Waals surface area contributed by atoms with Crippen molar-refractivity contribution in [3.05, 3.63) is 23.6 Å². The van der Waals surface area contributed by atoms with Crippen LogP contribution in [0.3, 0.4) is 0 Å². The number of halogens is 2. The molecule has 0 aliphatic heterocycles. The number of carbonyl (C=O) groups excluding carboxylic acids is 1. The molecule has 0 aliphatic carbocycles. The lowest BCUT2D eigenvalue weighted by Gasteiger charge is -1.89. The van der Waals surface area contributed by atoms with Crippen LogP contribution in [0.2, 0.25) is 0 Å². The Morgan fingerprint density at radius 3 is 2.40 bits per heavy atom.